The summed E-state index contributed by atoms with van der Waals surface area (Å²) in [4.78, 5) is 5.79. The van der Waals surface area contributed by atoms with E-state index in [9.17, 15) is 12.8 Å². The molecule has 5 N–H and O–H groups in total. The van der Waals surface area contributed by atoms with E-state index in [1.165, 1.54) is 6.07 Å². The Morgan fingerprint density at radius 3 is 3.00 bits per heavy atom. The minimum Gasteiger partial charge on any atom is -0.383 e. The number of rotatable bonds is 7. The van der Waals surface area contributed by atoms with E-state index in [0.29, 0.717) is 23.5 Å². The Bertz CT molecular complexity index is 1360. The number of aromatic amines is 1. The van der Waals surface area contributed by atoms with E-state index in [-0.39, 0.29) is 23.1 Å². The van der Waals surface area contributed by atoms with Crippen LogP contribution in [-0.2, 0) is 16.6 Å². The van der Waals surface area contributed by atoms with Crippen LogP contribution in [0.4, 0.5) is 15.8 Å². The standard InChI is InChI=1S/C21H22FN7O2S/c1-3-29(19-6-4-5-18-16(19)11-25-28-18)21(23)17(22)12-24-13(2)27-15-8-7-14-10-26-32(30,31)20(14)9-15/h4-9,11-12,26-27H,2-3,10,23H2,1H3,(H,25,28)/b21-17-,24-12-. The summed E-state index contributed by atoms with van der Waals surface area (Å²) in [5.41, 5.74) is 8.75. The zero-order valence-electron chi connectivity index (χ0n) is 17.3. The molecule has 3 aromatic rings. The summed E-state index contributed by atoms with van der Waals surface area (Å²) in [6.07, 6.45) is 2.62. The van der Waals surface area contributed by atoms with E-state index >= 15 is 0 Å². The van der Waals surface area contributed by atoms with Gasteiger partial charge in [-0.25, -0.2) is 22.5 Å². The molecule has 2 heterocycles. The molecule has 2 aromatic carbocycles. The molecule has 0 aliphatic carbocycles. The largest absolute Gasteiger partial charge is 0.383 e. The van der Waals surface area contributed by atoms with Crippen LogP contribution >= 0.6 is 0 Å². The lowest BCUT2D eigenvalue weighted by Gasteiger charge is -2.24. The minimum absolute atomic E-state index is 0.104. The summed E-state index contributed by atoms with van der Waals surface area (Å²) in [5.74, 6) is -0.722. The fraction of sp³-hybridized carbons (Fsp3) is 0.143. The quantitative estimate of drug-likeness (QED) is 0.406. The van der Waals surface area contributed by atoms with Crippen molar-refractivity contribution < 1.29 is 12.8 Å². The van der Waals surface area contributed by atoms with Gasteiger partial charge in [-0.05, 0) is 36.8 Å². The van der Waals surface area contributed by atoms with Gasteiger partial charge < -0.3 is 16.0 Å². The number of benzene rings is 2. The van der Waals surface area contributed by atoms with E-state index in [2.05, 4.69) is 31.8 Å². The second kappa shape index (κ2) is 8.44. The summed E-state index contributed by atoms with van der Waals surface area (Å²) in [5, 5.41) is 10.6. The Morgan fingerprint density at radius 1 is 1.41 bits per heavy atom. The molecule has 166 valence electrons. The number of anilines is 2. The lowest BCUT2D eigenvalue weighted by Crippen LogP contribution is -2.28. The molecule has 0 fully saturated rings. The molecule has 0 saturated carbocycles. The number of hydrogen-bond acceptors (Lipinski definition) is 7. The summed E-state index contributed by atoms with van der Waals surface area (Å²) in [6, 6.07) is 10.4. The van der Waals surface area contributed by atoms with Crippen LogP contribution in [0.15, 0.2) is 76.5 Å². The molecule has 11 heteroatoms. The lowest BCUT2D eigenvalue weighted by atomic mass is 10.2. The first-order chi connectivity index (χ1) is 15.3. The van der Waals surface area contributed by atoms with Crippen molar-refractivity contribution >= 4 is 38.5 Å². The van der Waals surface area contributed by atoms with Gasteiger partial charge in [-0.2, -0.15) is 5.10 Å². The summed E-state index contributed by atoms with van der Waals surface area (Å²) in [6.45, 7) is 6.27. The van der Waals surface area contributed by atoms with Gasteiger partial charge in [0.2, 0.25) is 10.0 Å². The summed E-state index contributed by atoms with van der Waals surface area (Å²) < 4.78 is 41.2. The van der Waals surface area contributed by atoms with Gasteiger partial charge in [-0.15, -0.1) is 0 Å². The molecule has 1 aliphatic heterocycles. The van der Waals surface area contributed by atoms with Crippen molar-refractivity contribution in [2.45, 2.75) is 18.4 Å². The first-order valence-corrected chi connectivity index (χ1v) is 11.3. The smallest absolute Gasteiger partial charge is 0.241 e. The topological polar surface area (TPSA) is 128 Å². The van der Waals surface area contributed by atoms with Gasteiger partial charge in [0.25, 0.3) is 0 Å². The average molecular weight is 456 g/mol. The van der Waals surface area contributed by atoms with Gasteiger partial charge in [0.1, 0.15) is 11.6 Å². The molecule has 4 rings (SSSR count). The lowest BCUT2D eigenvalue weighted by molar-refractivity contribution is 0.589. The number of H-pyrrole nitrogens is 1. The SMILES string of the molecule is C=C(/N=C\C(F)=C(/N)N(CC)c1cccc2[nH]ncc12)Nc1ccc2c(c1)S(=O)(=O)NC2. The highest BCUT2D eigenvalue weighted by molar-refractivity contribution is 7.89. The molecule has 1 aliphatic rings. The van der Waals surface area contributed by atoms with Crippen LogP contribution in [0.3, 0.4) is 0 Å². The molecule has 1 aromatic heterocycles. The van der Waals surface area contributed by atoms with Crippen molar-refractivity contribution in [2.24, 2.45) is 10.7 Å². The molecule has 32 heavy (non-hydrogen) atoms. The molecule has 0 amide bonds. The molecule has 0 atom stereocenters. The van der Waals surface area contributed by atoms with Gasteiger partial charge in [0.05, 0.1) is 28.5 Å². The van der Waals surface area contributed by atoms with Gasteiger partial charge in [-0.1, -0.05) is 18.7 Å². The number of halogens is 1. The Balaban J connectivity index is 1.52. The number of hydrogen-bond donors (Lipinski definition) is 4. The maximum Gasteiger partial charge on any atom is 0.241 e. The predicted molar refractivity (Wildman–Crippen MR) is 123 cm³/mol. The van der Waals surface area contributed by atoms with Crippen molar-refractivity contribution in [1.29, 1.82) is 0 Å². The minimum atomic E-state index is -3.51. The van der Waals surface area contributed by atoms with Crippen LogP contribution in [-0.4, -0.2) is 31.4 Å². The van der Waals surface area contributed by atoms with E-state index in [1.54, 1.807) is 23.2 Å². The van der Waals surface area contributed by atoms with Crippen molar-refractivity contribution in [3.63, 3.8) is 0 Å². The average Bonchev–Trinajstić information content (AvgIpc) is 3.37. The van der Waals surface area contributed by atoms with Crippen LogP contribution < -0.4 is 20.7 Å². The monoisotopic (exact) mass is 455 g/mol. The van der Waals surface area contributed by atoms with Crippen molar-refractivity contribution in [3.8, 4) is 0 Å². The second-order valence-electron chi connectivity index (χ2n) is 7.06. The Kier molecular flexibility index (Phi) is 5.68. The van der Waals surface area contributed by atoms with E-state index in [4.69, 9.17) is 5.73 Å². The first kappa shape index (κ1) is 21.5. The Hall–Kier alpha value is -3.70. The van der Waals surface area contributed by atoms with Crippen molar-refractivity contribution in [3.05, 3.63) is 72.2 Å². The van der Waals surface area contributed by atoms with Gasteiger partial charge in [0.15, 0.2) is 5.83 Å². The molecule has 0 bridgehead atoms. The Morgan fingerprint density at radius 2 is 2.22 bits per heavy atom. The first-order valence-electron chi connectivity index (χ1n) is 9.77. The van der Waals surface area contributed by atoms with E-state index < -0.39 is 15.9 Å². The van der Waals surface area contributed by atoms with Crippen molar-refractivity contribution in [2.75, 3.05) is 16.8 Å². The van der Waals surface area contributed by atoms with E-state index in [0.717, 1.165) is 17.1 Å². The fourth-order valence-corrected chi connectivity index (χ4v) is 4.73. The molecule has 9 nitrogen and oxygen atoms in total. The number of nitrogens with zero attached hydrogens (tertiary/aromatic N) is 3. The second-order valence-corrected chi connectivity index (χ2v) is 8.80. The van der Waals surface area contributed by atoms with Crippen molar-refractivity contribution in [1.82, 2.24) is 14.9 Å². The molecular weight excluding hydrogens is 433 g/mol. The number of allylic oxidation sites excluding steroid dienone is 1. The highest BCUT2D eigenvalue weighted by atomic mass is 32.2. The van der Waals surface area contributed by atoms with Crippen LogP contribution in [0, 0.1) is 0 Å². The third-order valence-electron chi connectivity index (χ3n) is 5.04. The van der Waals surface area contributed by atoms with Crippen LogP contribution in [0.1, 0.15) is 12.5 Å². The summed E-state index contributed by atoms with van der Waals surface area (Å²) >= 11 is 0. The van der Waals surface area contributed by atoms with Gasteiger partial charge in [-0.3, -0.25) is 5.10 Å². The predicted octanol–water partition coefficient (Wildman–Crippen LogP) is 2.93. The number of fused-ring (bicyclic) bond motifs is 2. The van der Waals surface area contributed by atoms with Crippen LogP contribution in [0.2, 0.25) is 0 Å². The Labute approximate surface area is 184 Å². The molecular formula is C21H22FN7O2S. The van der Waals surface area contributed by atoms with Crippen LogP contribution in [0.25, 0.3) is 10.9 Å². The van der Waals surface area contributed by atoms with Gasteiger partial charge in [0, 0.05) is 24.2 Å². The molecule has 0 spiro atoms. The number of nitrogens with two attached hydrogens (primary N) is 1. The maximum atomic E-state index is 14.8. The highest BCUT2D eigenvalue weighted by Crippen LogP contribution is 2.28. The zero-order chi connectivity index (χ0) is 22.9. The van der Waals surface area contributed by atoms with Gasteiger partial charge >= 0.3 is 0 Å². The number of sulfonamides is 1. The number of aromatic nitrogens is 2. The highest BCUT2D eigenvalue weighted by Gasteiger charge is 2.25. The fourth-order valence-electron chi connectivity index (χ4n) is 3.47. The van der Waals surface area contributed by atoms with Crippen LogP contribution in [0.5, 0.6) is 0 Å². The molecule has 0 unspecified atom stereocenters. The normalized spacial score (nSPS) is 15.6. The summed E-state index contributed by atoms with van der Waals surface area (Å²) in [7, 11) is -3.51. The number of nitrogens with one attached hydrogen (secondary N) is 3. The third-order valence-corrected chi connectivity index (χ3v) is 6.52. The molecule has 0 saturated heterocycles. The number of aliphatic imine (C=N–C) groups is 1. The maximum absolute atomic E-state index is 14.8. The third kappa shape index (κ3) is 4.07. The molecule has 0 radical (unpaired) electrons. The zero-order valence-corrected chi connectivity index (χ0v) is 18.1. The van der Waals surface area contributed by atoms with E-state index in [1.807, 2.05) is 25.1 Å².